The quantitative estimate of drug-likeness (QED) is 0.0250. The summed E-state index contributed by atoms with van der Waals surface area (Å²) in [6.45, 7) is 6.82. The molecule has 0 aromatic heterocycles. The maximum absolute atomic E-state index is 13.1. The minimum absolute atomic E-state index is 0.0263. The summed E-state index contributed by atoms with van der Waals surface area (Å²) in [7, 11) is 0. The summed E-state index contributed by atoms with van der Waals surface area (Å²) in [5.41, 5.74) is 9.56. The van der Waals surface area contributed by atoms with E-state index in [1.165, 1.54) is 30.0 Å². The molecule has 0 aliphatic carbocycles. The summed E-state index contributed by atoms with van der Waals surface area (Å²) < 4.78 is 10.4. The fourth-order valence-electron chi connectivity index (χ4n) is 4.94. The van der Waals surface area contributed by atoms with Crippen molar-refractivity contribution in [2.75, 3.05) is 0 Å². The van der Waals surface area contributed by atoms with Crippen LogP contribution in [0.3, 0.4) is 0 Å². The van der Waals surface area contributed by atoms with E-state index in [-0.39, 0.29) is 43.0 Å². The van der Waals surface area contributed by atoms with Crippen LogP contribution in [-0.4, -0.2) is 56.3 Å². The molecule has 0 bridgehead atoms. The fourth-order valence-corrected chi connectivity index (χ4v) is 4.94. The van der Waals surface area contributed by atoms with Crippen LogP contribution in [0.1, 0.15) is 63.6 Å². The Balaban J connectivity index is 1.73. The minimum atomic E-state index is -1.11. The standard InChI is InChI=1S/C34H42N6O9/c1-5-6-14-30(41)38(31(22(2)3)33(42)43)20-24-15-17-26(18-16-24)28-12-7-8-13-29(28)32(35)37-39(36)23(4)48-34(44)49-27-11-9-10-25(19-27)21-47-40(45)46/h7-13,15-19,22-23,31H,5-6,14,20-21,36H2,1-4H3,(H2,35,37)(H,42,43). The SMILES string of the molecule is CCCCC(=O)N(Cc1ccc(-c2ccccc2/C(N)=N/N(N)C(C)OC(=O)Oc2cccc(CO[N+](=O)[O-])c2)cc1)C(C(=O)O)C(C)C. The van der Waals surface area contributed by atoms with Crippen LogP contribution < -0.4 is 16.3 Å². The number of ether oxygens (including phenoxy) is 2. The minimum Gasteiger partial charge on any atom is -0.480 e. The summed E-state index contributed by atoms with van der Waals surface area (Å²) in [5, 5.41) is 24.5. The molecular weight excluding hydrogens is 636 g/mol. The predicted octanol–water partition coefficient (Wildman–Crippen LogP) is 5.05. The zero-order valence-electron chi connectivity index (χ0n) is 27.9. The van der Waals surface area contributed by atoms with Crippen LogP contribution in [0.4, 0.5) is 4.79 Å². The van der Waals surface area contributed by atoms with E-state index >= 15 is 0 Å². The zero-order valence-corrected chi connectivity index (χ0v) is 27.9. The Morgan fingerprint density at radius 2 is 1.69 bits per heavy atom. The molecular formula is C34H42N6O9. The van der Waals surface area contributed by atoms with Crippen molar-refractivity contribution in [1.29, 1.82) is 0 Å². The monoisotopic (exact) mass is 678 g/mol. The molecule has 2 unspecified atom stereocenters. The number of nitrogens with zero attached hydrogens (tertiary/aromatic N) is 4. The number of amidine groups is 1. The molecule has 0 fully saturated rings. The summed E-state index contributed by atoms with van der Waals surface area (Å²) >= 11 is 0. The van der Waals surface area contributed by atoms with Gasteiger partial charge in [0.15, 0.2) is 5.84 Å². The molecule has 3 aromatic rings. The van der Waals surface area contributed by atoms with Gasteiger partial charge in [-0.05, 0) is 53.6 Å². The molecule has 15 heteroatoms. The Bertz CT molecular complexity index is 1630. The smallest absolute Gasteiger partial charge is 0.480 e. The van der Waals surface area contributed by atoms with Gasteiger partial charge in [0.1, 0.15) is 18.4 Å². The van der Waals surface area contributed by atoms with E-state index in [0.29, 0.717) is 17.5 Å². The number of unbranched alkanes of at least 4 members (excludes halogenated alkanes) is 1. The molecule has 2 atom stereocenters. The lowest BCUT2D eigenvalue weighted by atomic mass is 9.97. The van der Waals surface area contributed by atoms with E-state index in [1.807, 2.05) is 43.3 Å². The maximum atomic E-state index is 13.1. The molecule has 0 saturated carbocycles. The van der Waals surface area contributed by atoms with Gasteiger partial charge in [-0.3, -0.25) is 4.79 Å². The number of benzene rings is 3. The van der Waals surface area contributed by atoms with E-state index in [9.17, 15) is 29.6 Å². The van der Waals surface area contributed by atoms with Crippen LogP contribution in [0.25, 0.3) is 11.1 Å². The molecule has 0 radical (unpaired) electrons. The van der Waals surface area contributed by atoms with Crippen molar-refractivity contribution in [3.05, 3.63) is 99.6 Å². The number of nitrogens with two attached hydrogens (primary N) is 2. The Labute approximate surface area is 284 Å². The predicted molar refractivity (Wildman–Crippen MR) is 180 cm³/mol. The van der Waals surface area contributed by atoms with E-state index in [4.69, 9.17) is 21.1 Å². The van der Waals surface area contributed by atoms with Gasteiger partial charge in [-0.1, -0.05) is 87.9 Å². The molecule has 0 heterocycles. The van der Waals surface area contributed by atoms with Crippen LogP contribution in [0.5, 0.6) is 5.75 Å². The van der Waals surface area contributed by atoms with Crippen molar-refractivity contribution >= 4 is 23.9 Å². The van der Waals surface area contributed by atoms with Crippen LogP contribution in [-0.2, 0) is 32.3 Å². The normalized spacial score (nSPS) is 12.5. The molecule has 3 aromatic carbocycles. The average Bonchev–Trinajstić information content (AvgIpc) is 3.06. The van der Waals surface area contributed by atoms with Gasteiger partial charge in [-0.2, -0.15) is 5.12 Å². The van der Waals surface area contributed by atoms with Gasteiger partial charge in [-0.15, -0.1) is 15.2 Å². The Hall–Kier alpha value is -5.70. The lowest BCUT2D eigenvalue weighted by Crippen LogP contribution is -2.47. The van der Waals surface area contributed by atoms with Crippen LogP contribution in [0, 0.1) is 16.0 Å². The average molecular weight is 679 g/mol. The lowest BCUT2D eigenvalue weighted by Gasteiger charge is -2.32. The van der Waals surface area contributed by atoms with Crippen molar-refractivity contribution in [3.63, 3.8) is 0 Å². The first-order valence-corrected chi connectivity index (χ1v) is 15.6. The highest BCUT2D eigenvalue weighted by Gasteiger charge is 2.32. The molecule has 0 spiro atoms. The summed E-state index contributed by atoms with van der Waals surface area (Å²) in [4.78, 5) is 53.7. The van der Waals surface area contributed by atoms with Gasteiger partial charge in [0, 0.05) is 18.5 Å². The van der Waals surface area contributed by atoms with Gasteiger partial charge < -0.3 is 30.1 Å². The van der Waals surface area contributed by atoms with Crippen LogP contribution >= 0.6 is 0 Å². The van der Waals surface area contributed by atoms with Crippen molar-refractivity contribution in [3.8, 4) is 16.9 Å². The van der Waals surface area contributed by atoms with Crippen molar-refractivity contribution < 1.29 is 38.9 Å². The second-order valence-electron chi connectivity index (χ2n) is 11.5. The number of rotatable bonds is 17. The number of hydrogen-bond donors (Lipinski definition) is 3. The molecule has 49 heavy (non-hydrogen) atoms. The van der Waals surface area contributed by atoms with Gasteiger partial charge in [-0.25, -0.2) is 15.4 Å². The Morgan fingerprint density at radius 3 is 2.33 bits per heavy atom. The number of aliphatic carboxylic acids is 1. The second-order valence-corrected chi connectivity index (χ2v) is 11.5. The third kappa shape index (κ3) is 11.2. The van der Waals surface area contributed by atoms with Crippen molar-refractivity contribution in [2.45, 2.75) is 72.4 Å². The number of hydrazone groups is 1. The third-order valence-corrected chi connectivity index (χ3v) is 7.40. The zero-order chi connectivity index (χ0) is 36.1. The molecule has 0 aliphatic rings. The second kappa shape index (κ2) is 18.0. The first-order valence-electron chi connectivity index (χ1n) is 15.6. The third-order valence-electron chi connectivity index (χ3n) is 7.40. The highest BCUT2D eigenvalue weighted by Crippen LogP contribution is 2.26. The number of carboxylic acid groups (broad SMARTS) is 1. The molecule has 1 amide bonds. The summed E-state index contributed by atoms with van der Waals surface area (Å²) in [5.74, 6) is 4.62. The summed E-state index contributed by atoms with van der Waals surface area (Å²) in [6.07, 6.45) is -0.437. The first-order chi connectivity index (χ1) is 23.3. The Kier molecular flexibility index (Phi) is 13.9. The van der Waals surface area contributed by atoms with Crippen molar-refractivity contribution in [2.24, 2.45) is 22.6 Å². The van der Waals surface area contributed by atoms with E-state index in [0.717, 1.165) is 28.2 Å². The molecule has 262 valence electrons. The maximum Gasteiger partial charge on any atom is 0.515 e. The number of carbonyl (C=O) groups is 3. The van der Waals surface area contributed by atoms with Crippen LogP contribution in [0.15, 0.2) is 77.9 Å². The largest absolute Gasteiger partial charge is 0.515 e. The highest BCUT2D eigenvalue weighted by atomic mass is 16.9. The lowest BCUT2D eigenvalue weighted by molar-refractivity contribution is -0.763. The first kappa shape index (κ1) is 37.8. The molecule has 3 rings (SSSR count). The van der Waals surface area contributed by atoms with E-state index in [1.54, 1.807) is 32.0 Å². The number of hydrogen-bond acceptors (Lipinski definition) is 11. The fraction of sp³-hybridized carbons (Fsp3) is 0.353. The Morgan fingerprint density at radius 1 is 1.00 bits per heavy atom. The van der Waals surface area contributed by atoms with Gasteiger partial charge >= 0.3 is 12.1 Å². The summed E-state index contributed by atoms with van der Waals surface area (Å²) in [6, 6.07) is 19.5. The van der Waals surface area contributed by atoms with Crippen molar-refractivity contribution in [1.82, 2.24) is 10.0 Å². The highest BCUT2D eigenvalue weighted by molar-refractivity contribution is 6.03. The number of carboxylic acids is 1. The number of carbonyl (C=O) groups excluding carboxylic acids is 2. The molecule has 5 N–H and O–H groups in total. The van der Waals surface area contributed by atoms with Gasteiger partial charge in [0.2, 0.25) is 12.1 Å². The van der Waals surface area contributed by atoms with Gasteiger partial charge in [0.25, 0.3) is 5.09 Å². The number of hydrazine groups is 1. The molecule has 15 nitrogen and oxygen atoms in total. The van der Waals surface area contributed by atoms with E-state index < -0.39 is 29.5 Å². The van der Waals surface area contributed by atoms with E-state index in [2.05, 4.69) is 9.94 Å². The van der Waals surface area contributed by atoms with Crippen LogP contribution in [0.2, 0.25) is 0 Å². The molecule has 0 saturated heterocycles. The molecule has 0 aliphatic heterocycles. The van der Waals surface area contributed by atoms with Gasteiger partial charge in [0.05, 0.1) is 0 Å². The topological polar surface area (TPSA) is 213 Å². The number of amides is 1.